The molecule has 1 aliphatic heterocycles. The molecule has 2 heterocycles. The van der Waals surface area contributed by atoms with Crippen LogP contribution in [0.2, 0.25) is 0 Å². The minimum absolute atomic E-state index is 0.110. The van der Waals surface area contributed by atoms with Crippen LogP contribution in [0.25, 0.3) is 0 Å². The van der Waals surface area contributed by atoms with Crippen molar-refractivity contribution < 1.29 is 4.79 Å². The number of hydrogen-bond donors (Lipinski definition) is 1. The molecule has 1 atom stereocenters. The maximum Gasteiger partial charge on any atom is 0.222 e. The van der Waals surface area contributed by atoms with E-state index in [-0.39, 0.29) is 11.9 Å². The van der Waals surface area contributed by atoms with Crippen molar-refractivity contribution in [1.29, 1.82) is 0 Å². The quantitative estimate of drug-likeness (QED) is 0.897. The third kappa shape index (κ3) is 4.04. The van der Waals surface area contributed by atoms with Gasteiger partial charge in [-0.25, -0.2) is 0 Å². The van der Waals surface area contributed by atoms with Crippen LogP contribution in [0, 0.1) is 5.92 Å². The summed E-state index contributed by atoms with van der Waals surface area (Å²) in [6.45, 7) is 4.27. The highest BCUT2D eigenvalue weighted by Crippen LogP contribution is 2.22. The van der Waals surface area contributed by atoms with Crippen LogP contribution in [0.15, 0.2) is 24.5 Å². The Morgan fingerprint density at radius 3 is 2.70 bits per heavy atom. The van der Waals surface area contributed by atoms with Gasteiger partial charge in [0, 0.05) is 25.9 Å². The van der Waals surface area contributed by atoms with Crippen LogP contribution in [0.5, 0.6) is 0 Å². The van der Waals surface area contributed by atoms with E-state index in [0.717, 1.165) is 25.1 Å². The second-order valence-electron chi connectivity index (χ2n) is 5.69. The molecule has 1 aromatic rings. The van der Waals surface area contributed by atoms with Crippen molar-refractivity contribution in [3.8, 4) is 0 Å². The van der Waals surface area contributed by atoms with Crippen LogP contribution >= 0.6 is 0 Å². The van der Waals surface area contributed by atoms with Crippen molar-refractivity contribution >= 4 is 5.91 Å². The van der Waals surface area contributed by atoms with Gasteiger partial charge < -0.3 is 10.2 Å². The smallest absolute Gasteiger partial charge is 0.222 e. The molecule has 1 aromatic heterocycles. The molecule has 1 N–H and O–H groups in total. The Morgan fingerprint density at radius 1 is 1.40 bits per heavy atom. The molecule has 4 heteroatoms. The standard InChI is InChI=1S/C16H25N3O/c1-13(15-7-11-18-12-8-15)19(2)16(20)4-3-14-5-9-17-10-6-14/h7-8,11-14,17H,3-6,9-10H2,1-2H3. The largest absolute Gasteiger partial charge is 0.339 e. The fourth-order valence-corrected chi connectivity index (χ4v) is 2.76. The number of piperidine rings is 1. The molecule has 0 bridgehead atoms. The van der Waals surface area contributed by atoms with Crippen molar-refractivity contribution in [2.75, 3.05) is 20.1 Å². The third-order valence-corrected chi connectivity index (χ3v) is 4.39. The summed E-state index contributed by atoms with van der Waals surface area (Å²) in [5.41, 5.74) is 1.14. The second kappa shape index (κ2) is 7.39. The molecule has 0 saturated carbocycles. The summed E-state index contributed by atoms with van der Waals surface area (Å²) >= 11 is 0. The normalized spacial score (nSPS) is 17.7. The fraction of sp³-hybridized carbons (Fsp3) is 0.625. The van der Waals surface area contributed by atoms with E-state index in [4.69, 9.17) is 0 Å². The van der Waals surface area contributed by atoms with Gasteiger partial charge in [-0.1, -0.05) is 0 Å². The maximum atomic E-state index is 12.3. The number of rotatable bonds is 5. The zero-order chi connectivity index (χ0) is 14.4. The summed E-state index contributed by atoms with van der Waals surface area (Å²) in [7, 11) is 1.90. The Hall–Kier alpha value is -1.42. The Kier molecular flexibility index (Phi) is 5.53. The average molecular weight is 275 g/mol. The van der Waals surface area contributed by atoms with Gasteiger partial charge in [0.1, 0.15) is 0 Å². The Morgan fingerprint density at radius 2 is 2.05 bits per heavy atom. The minimum atomic E-state index is 0.110. The molecule has 1 fully saturated rings. The summed E-state index contributed by atoms with van der Waals surface area (Å²) < 4.78 is 0. The molecule has 0 radical (unpaired) electrons. The highest BCUT2D eigenvalue weighted by Gasteiger charge is 2.19. The van der Waals surface area contributed by atoms with Gasteiger partial charge in [0.25, 0.3) is 0 Å². The molecule has 0 aliphatic carbocycles. The molecule has 110 valence electrons. The number of aromatic nitrogens is 1. The van der Waals surface area contributed by atoms with E-state index in [1.165, 1.54) is 12.8 Å². The molecule has 20 heavy (non-hydrogen) atoms. The van der Waals surface area contributed by atoms with E-state index in [1.54, 1.807) is 12.4 Å². The number of hydrogen-bond acceptors (Lipinski definition) is 3. The van der Waals surface area contributed by atoms with E-state index in [2.05, 4.69) is 17.2 Å². The van der Waals surface area contributed by atoms with Crippen LogP contribution in [-0.2, 0) is 4.79 Å². The molecule has 1 aliphatic rings. The monoisotopic (exact) mass is 275 g/mol. The molecule has 4 nitrogen and oxygen atoms in total. The Bertz CT molecular complexity index is 415. The van der Waals surface area contributed by atoms with Gasteiger partial charge in [0.15, 0.2) is 0 Å². The lowest BCUT2D eigenvalue weighted by Gasteiger charge is -2.27. The Balaban J connectivity index is 1.82. The van der Waals surface area contributed by atoms with E-state index in [1.807, 2.05) is 24.1 Å². The summed E-state index contributed by atoms with van der Waals surface area (Å²) in [6, 6.07) is 4.06. The van der Waals surface area contributed by atoms with Crippen molar-refractivity contribution in [2.24, 2.45) is 5.92 Å². The van der Waals surface area contributed by atoms with Crippen molar-refractivity contribution in [3.63, 3.8) is 0 Å². The van der Waals surface area contributed by atoms with E-state index >= 15 is 0 Å². The SMILES string of the molecule is CC(c1ccncc1)N(C)C(=O)CCC1CCNCC1. The first-order valence-corrected chi connectivity index (χ1v) is 7.54. The van der Waals surface area contributed by atoms with Crippen LogP contribution in [0.1, 0.15) is 44.2 Å². The lowest BCUT2D eigenvalue weighted by molar-refractivity contribution is -0.132. The van der Waals surface area contributed by atoms with Crippen LogP contribution in [-0.4, -0.2) is 35.9 Å². The van der Waals surface area contributed by atoms with Crippen molar-refractivity contribution in [1.82, 2.24) is 15.2 Å². The zero-order valence-electron chi connectivity index (χ0n) is 12.5. The van der Waals surface area contributed by atoms with Crippen LogP contribution < -0.4 is 5.32 Å². The first kappa shape index (κ1) is 15.0. The molecular weight excluding hydrogens is 250 g/mol. The number of carbonyl (C=O) groups is 1. The molecule has 0 aromatic carbocycles. The molecule has 2 rings (SSSR count). The topological polar surface area (TPSA) is 45.2 Å². The van der Waals surface area contributed by atoms with Gasteiger partial charge in [-0.2, -0.15) is 0 Å². The fourth-order valence-electron chi connectivity index (χ4n) is 2.76. The lowest BCUT2D eigenvalue weighted by Crippen LogP contribution is -2.31. The highest BCUT2D eigenvalue weighted by atomic mass is 16.2. The first-order chi connectivity index (χ1) is 9.68. The maximum absolute atomic E-state index is 12.3. The minimum Gasteiger partial charge on any atom is -0.339 e. The van der Waals surface area contributed by atoms with Crippen LogP contribution in [0.4, 0.5) is 0 Å². The van der Waals surface area contributed by atoms with Gasteiger partial charge in [-0.3, -0.25) is 9.78 Å². The predicted octanol–water partition coefficient (Wildman–Crippen LogP) is 2.38. The summed E-state index contributed by atoms with van der Waals surface area (Å²) in [6.07, 6.45) is 7.65. The van der Waals surface area contributed by atoms with E-state index in [0.29, 0.717) is 12.3 Å². The lowest BCUT2D eigenvalue weighted by atomic mass is 9.93. The molecule has 1 unspecified atom stereocenters. The number of carbonyl (C=O) groups excluding carboxylic acids is 1. The van der Waals surface area contributed by atoms with Gasteiger partial charge in [-0.15, -0.1) is 0 Å². The van der Waals surface area contributed by atoms with Crippen LogP contribution in [0.3, 0.4) is 0 Å². The molecular formula is C16H25N3O. The number of nitrogens with one attached hydrogen (secondary N) is 1. The second-order valence-corrected chi connectivity index (χ2v) is 5.69. The first-order valence-electron chi connectivity index (χ1n) is 7.54. The van der Waals surface area contributed by atoms with E-state index < -0.39 is 0 Å². The number of amides is 1. The molecule has 1 saturated heterocycles. The van der Waals surface area contributed by atoms with Crippen molar-refractivity contribution in [3.05, 3.63) is 30.1 Å². The van der Waals surface area contributed by atoms with Crippen molar-refractivity contribution in [2.45, 2.75) is 38.6 Å². The molecule has 0 spiro atoms. The van der Waals surface area contributed by atoms with Gasteiger partial charge in [0.2, 0.25) is 5.91 Å². The van der Waals surface area contributed by atoms with Gasteiger partial charge in [-0.05, 0) is 62.9 Å². The third-order valence-electron chi connectivity index (χ3n) is 4.39. The number of nitrogens with zero attached hydrogens (tertiary/aromatic N) is 2. The Labute approximate surface area is 121 Å². The van der Waals surface area contributed by atoms with Gasteiger partial charge in [0.05, 0.1) is 6.04 Å². The van der Waals surface area contributed by atoms with Gasteiger partial charge >= 0.3 is 0 Å². The molecule has 1 amide bonds. The summed E-state index contributed by atoms with van der Waals surface area (Å²) in [4.78, 5) is 18.2. The average Bonchev–Trinajstić information content (AvgIpc) is 2.53. The zero-order valence-corrected chi connectivity index (χ0v) is 12.5. The van der Waals surface area contributed by atoms with E-state index in [9.17, 15) is 4.79 Å². The predicted molar refractivity (Wildman–Crippen MR) is 80.2 cm³/mol. The highest BCUT2D eigenvalue weighted by molar-refractivity contribution is 5.76. The summed E-state index contributed by atoms with van der Waals surface area (Å²) in [5, 5.41) is 3.36. The summed E-state index contributed by atoms with van der Waals surface area (Å²) in [5.74, 6) is 0.956. The number of pyridine rings is 1.